The number of hydrogen-bond donors (Lipinski definition) is 1. The molecular weight excluding hydrogens is 208 g/mol. The summed E-state index contributed by atoms with van der Waals surface area (Å²) in [6, 6.07) is 1.08. The molecule has 2 aliphatic rings. The number of nitrogens with zero attached hydrogens (tertiary/aromatic N) is 1. The highest BCUT2D eigenvalue weighted by molar-refractivity contribution is 7.80. The molecule has 1 aliphatic carbocycles. The van der Waals surface area contributed by atoms with E-state index in [1.54, 1.807) is 0 Å². The van der Waals surface area contributed by atoms with Crippen LogP contribution in [0.3, 0.4) is 0 Å². The van der Waals surface area contributed by atoms with Crippen molar-refractivity contribution in [3.8, 4) is 0 Å². The topological polar surface area (TPSA) is 38.5 Å². The van der Waals surface area contributed by atoms with Crippen LogP contribution in [0.5, 0.6) is 0 Å². The molecule has 1 heterocycles. The third-order valence-electron chi connectivity index (χ3n) is 3.59. The lowest BCUT2D eigenvalue weighted by molar-refractivity contribution is -0.0681. The lowest BCUT2D eigenvalue weighted by atomic mass is 10.1. The van der Waals surface area contributed by atoms with Crippen molar-refractivity contribution in [3.05, 3.63) is 0 Å². The molecule has 2 fully saturated rings. The zero-order valence-corrected chi connectivity index (χ0v) is 10.1. The van der Waals surface area contributed by atoms with Crippen molar-refractivity contribution in [1.29, 1.82) is 0 Å². The molecule has 2 rings (SSSR count). The molecule has 0 bridgehead atoms. The fourth-order valence-electron chi connectivity index (χ4n) is 2.91. The van der Waals surface area contributed by atoms with Gasteiger partial charge in [-0.15, -0.1) is 0 Å². The van der Waals surface area contributed by atoms with Crippen molar-refractivity contribution in [2.75, 3.05) is 13.2 Å². The Balaban J connectivity index is 1.97. The lowest BCUT2D eigenvalue weighted by Gasteiger charge is -2.41. The predicted octanol–water partition coefficient (Wildman–Crippen LogP) is 1.30. The summed E-state index contributed by atoms with van der Waals surface area (Å²) in [7, 11) is 0. The number of nitrogens with two attached hydrogens (primary N) is 1. The van der Waals surface area contributed by atoms with E-state index in [4.69, 9.17) is 22.7 Å². The van der Waals surface area contributed by atoms with Gasteiger partial charge in [0.15, 0.2) is 0 Å². The van der Waals surface area contributed by atoms with E-state index in [0.29, 0.717) is 23.2 Å². The summed E-state index contributed by atoms with van der Waals surface area (Å²) < 4.78 is 5.78. The predicted molar refractivity (Wildman–Crippen MR) is 64.9 cm³/mol. The summed E-state index contributed by atoms with van der Waals surface area (Å²) in [6.07, 6.45) is 5.09. The van der Waals surface area contributed by atoms with Gasteiger partial charge in [0.05, 0.1) is 17.7 Å². The fourth-order valence-corrected chi connectivity index (χ4v) is 3.15. The maximum atomic E-state index is 5.78. The van der Waals surface area contributed by atoms with Crippen LogP contribution in [0.4, 0.5) is 0 Å². The van der Waals surface area contributed by atoms with Crippen LogP contribution in [-0.2, 0) is 4.74 Å². The Labute approximate surface area is 96.9 Å². The molecule has 0 aromatic carbocycles. The zero-order chi connectivity index (χ0) is 10.8. The first-order chi connectivity index (χ1) is 7.18. The van der Waals surface area contributed by atoms with Crippen LogP contribution < -0.4 is 5.73 Å². The van der Waals surface area contributed by atoms with Crippen LogP contribution in [0.15, 0.2) is 0 Å². The van der Waals surface area contributed by atoms with E-state index in [0.717, 1.165) is 19.6 Å². The number of rotatable bonds is 3. The Bertz CT molecular complexity index is 247. The van der Waals surface area contributed by atoms with E-state index in [1.807, 2.05) is 0 Å². The molecule has 0 amide bonds. The largest absolute Gasteiger partial charge is 0.393 e. The second-order valence-electron chi connectivity index (χ2n) is 4.66. The number of ether oxygens (including phenoxy) is 1. The first-order valence-corrected chi connectivity index (χ1v) is 6.25. The third kappa shape index (κ3) is 2.49. The average Bonchev–Trinajstić information content (AvgIpc) is 2.63. The van der Waals surface area contributed by atoms with Crippen LogP contribution in [-0.4, -0.2) is 41.2 Å². The van der Waals surface area contributed by atoms with Gasteiger partial charge < -0.3 is 10.5 Å². The minimum atomic E-state index is 0.465. The molecule has 3 unspecified atom stereocenters. The van der Waals surface area contributed by atoms with Gasteiger partial charge in [-0.25, -0.2) is 0 Å². The molecule has 15 heavy (non-hydrogen) atoms. The van der Waals surface area contributed by atoms with Gasteiger partial charge in [-0.2, -0.15) is 0 Å². The van der Waals surface area contributed by atoms with E-state index in [1.165, 1.54) is 19.3 Å². The fraction of sp³-hybridized carbons (Fsp3) is 0.909. The van der Waals surface area contributed by atoms with Crippen LogP contribution in [0, 0.1) is 0 Å². The Morgan fingerprint density at radius 3 is 3.13 bits per heavy atom. The van der Waals surface area contributed by atoms with Crippen molar-refractivity contribution >= 4 is 17.2 Å². The Kier molecular flexibility index (Phi) is 3.59. The van der Waals surface area contributed by atoms with Crippen LogP contribution in [0.2, 0.25) is 0 Å². The highest BCUT2D eigenvalue weighted by atomic mass is 32.1. The molecule has 1 saturated carbocycles. The second-order valence-corrected chi connectivity index (χ2v) is 5.19. The summed E-state index contributed by atoms with van der Waals surface area (Å²) in [5.74, 6) is 0. The Morgan fingerprint density at radius 1 is 1.60 bits per heavy atom. The summed E-state index contributed by atoms with van der Waals surface area (Å²) >= 11 is 4.98. The van der Waals surface area contributed by atoms with Gasteiger partial charge in [-0.3, -0.25) is 4.90 Å². The molecule has 0 aromatic heterocycles. The molecule has 1 saturated heterocycles. The zero-order valence-electron chi connectivity index (χ0n) is 9.32. The van der Waals surface area contributed by atoms with E-state index in [-0.39, 0.29) is 0 Å². The smallest absolute Gasteiger partial charge is 0.0742 e. The monoisotopic (exact) mass is 228 g/mol. The van der Waals surface area contributed by atoms with Crippen molar-refractivity contribution in [2.45, 2.75) is 50.8 Å². The van der Waals surface area contributed by atoms with Gasteiger partial charge in [-0.05, 0) is 26.2 Å². The van der Waals surface area contributed by atoms with Crippen LogP contribution >= 0.6 is 12.2 Å². The number of thiocarbonyl (C=S) groups is 1. The van der Waals surface area contributed by atoms with E-state index >= 15 is 0 Å². The average molecular weight is 228 g/mol. The summed E-state index contributed by atoms with van der Waals surface area (Å²) in [5, 5.41) is 0. The Morgan fingerprint density at radius 2 is 2.40 bits per heavy atom. The first kappa shape index (κ1) is 11.3. The van der Waals surface area contributed by atoms with Gasteiger partial charge in [0.1, 0.15) is 0 Å². The summed E-state index contributed by atoms with van der Waals surface area (Å²) in [5.41, 5.74) is 5.61. The van der Waals surface area contributed by atoms with Crippen molar-refractivity contribution in [2.24, 2.45) is 5.73 Å². The summed E-state index contributed by atoms with van der Waals surface area (Å²) in [4.78, 5) is 3.17. The third-order valence-corrected chi connectivity index (χ3v) is 3.75. The van der Waals surface area contributed by atoms with Crippen LogP contribution in [0.25, 0.3) is 0 Å². The minimum absolute atomic E-state index is 0.465. The minimum Gasteiger partial charge on any atom is -0.393 e. The van der Waals surface area contributed by atoms with Gasteiger partial charge >= 0.3 is 0 Å². The van der Waals surface area contributed by atoms with E-state index in [9.17, 15) is 0 Å². The molecule has 0 aromatic rings. The van der Waals surface area contributed by atoms with Gasteiger partial charge in [0.2, 0.25) is 0 Å². The second kappa shape index (κ2) is 4.76. The molecule has 0 spiro atoms. The molecule has 3 atom stereocenters. The highest BCUT2D eigenvalue weighted by Gasteiger charge is 2.37. The van der Waals surface area contributed by atoms with E-state index in [2.05, 4.69) is 11.8 Å². The molecule has 2 N–H and O–H groups in total. The van der Waals surface area contributed by atoms with Crippen molar-refractivity contribution < 1.29 is 4.74 Å². The lowest BCUT2D eigenvalue weighted by Crippen LogP contribution is -2.52. The molecule has 0 radical (unpaired) electrons. The normalized spacial score (nSPS) is 33.7. The number of hydrogen-bond acceptors (Lipinski definition) is 3. The van der Waals surface area contributed by atoms with Gasteiger partial charge in [0.25, 0.3) is 0 Å². The SMILES string of the molecule is CC(CC(N)=S)N1CCOC2CCCC21. The highest BCUT2D eigenvalue weighted by Crippen LogP contribution is 2.31. The molecule has 86 valence electrons. The maximum absolute atomic E-state index is 5.78. The molecule has 3 nitrogen and oxygen atoms in total. The summed E-state index contributed by atoms with van der Waals surface area (Å²) in [6.45, 7) is 4.12. The van der Waals surface area contributed by atoms with Crippen molar-refractivity contribution in [1.82, 2.24) is 4.90 Å². The maximum Gasteiger partial charge on any atom is 0.0742 e. The van der Waals surface area contributed by atoms with Crippen molar-refractivity contribution in [3.63, 3.8) is 0 Å². The standard InChI is InChI=1S/C11H20N2OS/c1-8(7-11(12)15)13-5-6-14-10-4-2-3-9(10)13/h8-10H,2-7H2,1H3,(H2,12,15). The molecule has 4 heteroatoms. The molecule has 1 aliphatic heterocycles. The quantitative estimate of drug-likeness (QED) is 0.739. The van der Waals surface area contributed by atoms with Gasteiger partial charge in [-0.1, -0.05) is 12.2 Å². The molecular formula is C11H20N2OS. The van der Waals surface area contributed by atoms with Crippen LogP contribution in [0.1, 0.15) is 32.6 Å². The van der Waals surface area contributed by atoms with Gasteiger partial charge in [0, 0.05) is 25.0 Å². The number of morpholine rings is 1. The number of fused-ring (bicyclic) bond motifs is 1. The van der Waals surface area contributed by atoms with E-state index < -0.39 is 0 Å². The first-order valence-electron chi connectivity index (χ1n) is 5.84. The Hall–Kier alpha value is -0.190.